The number of hydrogen-bond acceptors (Lipinski definition) is 5. The average molecular weight is 326 g/mol. The van der Waals surface area contributed by atoms with Gasteiger partial charge in [-0.1, -0.05) is 12.1 Å². The molecular weight excluding hydrogens is 304 g/mol. The van der Waals surface area contributed by atoms with Gasteiger partial charge in [0.05, 0.1) is 5.92 Å². The molecule has 2 heterocycles. The number of benzene rings is 1. The monoisotopic (exact) mass is 326 g/mol. The molecule has 1 fully saturated rings. The van der Waals surface area contributed by atoms with Gasteiger partial charge in [-0.15, -0.1) is 0 Å². The summed E-state index contributed by atoms with van der Waals surface area (Å²) in [4.78, 5) is 23.0. The van der Waals surface area contributed by atoms with Gasteiger partial charge in [0.25, 0.3) is 0 Å². The topological polar surface area (TPSA) is 78.4 Å². The average Bonchev–Trinajstić information content (AvgIpc) is 2.64. The number of aromatic hydroxyl groups is 1. The first kappa shape index (κ1) is 16.2. The Labute approximate surface area is 141 Å². The van der Waals surface area contributed by atoms with Crippen molar-refractivity contribution in [3.05, 3.63) is 48.3 Å². The van der Waals surface area contributed by atoms with Gasteiger partial charge in [0.15, 0.2) is 0 Å². The highest BCUT2D eigenvalue weighted by atomic mass is 16.3. The Morgan fingerprint density at radius 2 is 2.00 bits per heavy atom. The van der Waals surface area contributed by atoms with E-state index in [4.69, 9.17) is 0 Å². The molecule has 3 rings (SSSR count). The fourth-order valence-corrected chi connectivity index (χ4v) is 2.96. The summed E-state index contributed by atoms with van der Waals surface area (Å²) in [5.74, 6) is 1.02. The fraction of sp³-hybridized carbons (Fsp3) is 0.389. The molecular formula is C18H22N4O2. The van der Waals surface area contributed by atoms with E-state index >= 15 is 0 Å². The Morgan fingerprint density at radius 1 is 1.25 bits per heavy atom. The third-order valence-electron chi connectivity index (χ3n) is 4.28. The van der Waals surface area contributed by atoms with Crippen LogP contribution in [0.5, 0.6) is 5.75 Å². The van der Waals surface area contributed by atoms with E-state index in [1.54, 1.807) is 30.6 Å². The molecule has 0 radical (unpaired) electrons. The molecule has 6 nitrogen and oxygen atoms in total. The van der Waals surface area contributed by atoms with Gasteiger partial charge in [0, 0.05) is 32.0 Å². The molecule has 1 amide bonds. The van der Waals surface area contributed by atoms with Crippen molar-refractivity contribution in [3.63, 3.8) is 0 Å². The number of amides is 1. The quantitative estimate of drug-likeness (QED) is 0.875. The molecule has 0 unspecified atom stereocenters. The van der Waals surface area contributed by atoms with E-state index < -0.39 is 0 Å². The number of aromatic nitrogens is 2. The van der Waals surface area contributed by atoms with E-state index in [0.29, 0.717) is 19.0 Å². The van der Waals surface area contributed by atoms with Crippen molar-refractivity contribution < 1.29 is 9.90 Å². The van der Waals surface area contributed by atoms with Crippen LogP contribution in [0.3, 0.4) is 0 Å². The van der Waals surface area contributed by atoms with Crippen molar-refractivity contribution in [1.82, 2.24) is 15.3 Å². The van der Waals surface area contributed by atoms with Crippen molar-refractivity contribution in [1.29, 1.82) is 0 Å². The largest absolute Gasteiger partial charge is 0.508 e. The second-order valence-electron chi connectivity index (χ2n) is 6.04. The lowest BCUT2D eigenvalue weighted by atomic mass is 9.97. The number of rotatable bonds is 5. The Bertz CT molecular complexity index is 660. The Hall–Kier alpha value is -2.63. The molecule has 1 aliphatic rings. The van der Waals surface area contributed by atoms with E-state index in [0.717, 1.165) is 31.4 Å². The number of hydrogen-bond donors (Lipinski definition) is 2. The lowest BCUT2D eigenvalue weighted by Gasteiger charge is -2.31. The molecule has 2 aromatic rings. The molecule has 1 aromatic carbocycles. The van der Waals surface area contributed by atoms with E-state index in [-0.39, 0.29) is 17.6 Å². The van der Waals surface area contributed by atoms with Gasteiger partial charge in [-0.05, 0) is 43.0 Å². The lowest BCUT2D eigenvalue weighted by Crippen LogP contribution is -2.44. The van der Waals surface area contributed by atoms with Crippen molar-refractivity contribution in [2.24, 2.45) is 5.92 Å². The Balaban J connectivity index is 1.48. The minimum atomic E-state index is -0.0256. The predicted molar refractivity (Wildman–Crippen MR) is 91.8 cm³/mol. The number of nitrogens with zero attached hydrogens (tertiary/aromatic N) is 3. The highest BCUT2D eigenvalue weighted by molar-refractivity contribution is 5.79. The molecule has 0 aliphatic carbocycles. The minimum Gasteiger partial charge on any atom is -0.508 e. The van der Waals surface area contributed by atoms with Crippen LogP contribution in [0.2, 0.25) is 0 Å². The zero-order valence-electron chi connectivity index (χ0n) is 13.6. The van der Waals surface area contributed by atoms with Gasteiger partial charge in [0.2, 0.25) is 11.9 Å². The van der Waals surface area contributed by atoms with Crippen molar-refractivity contribution in [2.75, 3.05) is 24.5 Å². The first-order valence-corrected chi connectivity index (χ1v) is 8.30. The van der Waals surface area contributed by atoms with Crippen LogP contribution >= 0.6 is 0 Å². The summed E-state index contributed by atoms with van der Waals surface area (Å²) in [5.41, 5.74) is 1.09. The zero-order chi connectivity index (χ0) is 16.8. The third-order valence-corrected chi connectivity index (χ3v) is 4.28. The maximum Gasteiger partial charge on any atom is 0.225 e. The third kappa shape index (κ3) is 4.22. The molecule has 1 aliphatic heterocycles. The van der Waals surface area contributed by atoms with Crippen LogP contribution in [0.1, 0.15) is 18.4 Å². The first-order valence-electron chi connectivity index (χ1n) is 8.30. The second-order valence-corrected chi connectivity index (χ2v) is 6.04. The van der Waals surface area contributed by atoms with E-state index in [9.17, 15) is 9.90 Å². The standard InChI is InChI=1S/C18H22N4O2/c23-16-6-4-14(5-7-16)8-11-19-17(24)15-3-1-12-22(13-15)18-20-9-2-10-21-18/h2,4-7,9-10,15,23H,1,3,8,11-13H2,(H,19,24)/t15-/m1/s1. The van der Waals surface area contributed by atoms with Gasteiger partial charge < -0.3 is 15.3 Å². The predicted octanol–water partition coefficient (Wildman–Crippen LogP) is 1.76. The maximum absolute atomic E-state index is 12.4. The molecule has 0 bridgehead atoms. The number of carbonyl (C=O) groups is 1. The first-order chi connectivity index (χ1) is 11.7. The Morgan fingerprint density at radius 3 is 2.75 bits per heavy atom. The van der Waals surface area contributed by atoms with Crippen LogP contribution in [0, 0.1) is 5.92 Å². The molecule has 1 atom stereocenters. The summed E-state index contributed by atoms with van der Waals surface area (Å²) in [7, 11) is 0. The molecule has 1 saturated heterocycles. The summed E-state index contributed by atoms with van der Waals surface area (Å²) in [6.45, 7) is 2.15. The van der Waals surface area contributed by atoms with Crippen molar-refractivity contribution in [2.45, 2.75) is 19.3 Å². The fourth-order valence-electron chi connectivity index (χ4n) is 2.96. The second kappa shape index (κ2) is 7.77. The number of anilines is 1. The SMILES string of the molecule is O=C(NCCc1ccc(O)cc1)[C@@H]1CCCN(c2ncccn2)C1. The van der Waals surface area contributed by atoms with E-state index in [2.05, 4.69) is 20.2 Å². The molecule has 126 valence electrons. The zero-order valence-corrected chi connectivity index (χ0v) is 13.6. The number of piperidine rings is 1. The minimum absolute atomic E-state index is 0.0256. The van der Waals surface area contributed by atoms with Crippen molar-refractivity contribution >= 4 is 11.9 Å². The van der Waals surface area contributed by atoms with Gasteiger partial charge >= 0.3 is 0 Å². The van der Waals surface area contributed by atoms with Gasteiger partial charge in [0.1, 0.15) is 5.75 Å². The Kier molecular flexibility index (Phi) is 5.25. The summed E-state index contributed by atoms with van der Waals surface area (Å²) in [6, 6.07) is 8.86. The summed E-state index contributed by atoms with van der Waals surface area (Å²) in [6.07, 6.45) is 6.07. The van der Waals surface area contributed by atoms with Crippen LogP contribution in [-0.4, -0.2) is 40.6 Å². The summed E-state index contributed by atoms with van der Waals surface area (Å²) < 4.78 is 0. The van der Waals surface area contributed by atoms with E-state index in [1.165, 1.54) is 0 Å². The molecule has 6 heteroatoms. The molecule has 1 aromatic heterocycles. The highest BCUT2D eigenvalue weighted by Gasteiger charge is 2.26. The number of phenols is 1. The van der Waals surface area contributed by atoms with E-state index in [1.807, 2.05) is 12.1 Å². The number of phenolic OH excluding ortho intramolecular Hbond substituents is 1. The van der Waals surface area contributed by atoms with Gasteiger partial charge in [-0.2, -0.15) is 0 Å². The summed E-state index contributed by atoms with van der Waals surface area (Å²) in [5, 5.41) is 12.3. The molecule has 2 N–H and O–H groups in total. The van der Waals surface area contributed by atoms with Crippen LogP contribution in [-0.2, 0) is 11.2 Å². The van der Waals surface area contributed by atoms with Crippen LogP contribution in [0.15, 0.2) is 42.7 Å². The molecule has 0 saturated carbocycles. The van der Waals surface area contributed by atoms with Crippen LogP contribution in [0.25, 0.3) is 0 Å². The normalized spacial score (nSPS) is 17.5. The van der Waals surface area contributed by atoms with Crippen LogP contribution < -0.4 is 10.2 Å². The number of carbonyl (C=O) groups excluding carboxylic acids is 1. The molecule has 0 spiro atoms. The van der Waals surface area contributed by atoms with Crippen molar-refractivity contribution in [3.8, 4) is 5.75 Å². The lowest BCUT2D eigenvalue weighted by molar-refractivity contribution is -0.125. The smallest absolute Gasteiger partial charge is 0.225 e. The number of nitrogens with one attached hydrogen (secondary N) is 1. The molecule has 24 heavy (non-hydrogen) atoms. The summed E-state index contributed by atoms with van der Waals surface area (Å²) >= 11 is 0. The maximum atomic E-state index is 12.4. The van der Waals surface area contributed by atoms with Gasteiger partial charge in [-0.3, -0.25) is 4.79 Å². The van der Waals surface area contributed by atoms with Crippen LogP contribution in [0.4, 0.5) is 5.95 Å². The highest BCUT2D eigenvalue weighted by Crippen LogP contribution is 2.20. The van der Waals surface area contributed by atoms with Gasteiger partial charge in [-0.25, -0.2) is 9.97 Å².